The highest BCUT2D eigenvalue weighted by atomic mass is 32.2. The molecule has 0 aliphatic rings. The van der Waals surface area contributed by atoms with Gasteiger partial charge in [0.05, 0.1) is 13.0 Å². The molecule has 0 aromatic carbocycles. The van der Waals surface area contributed by atoms with Gasteiger partial charge in [-0.1, -0.05) is 13.3 Å². The second-order valence-corrected chi connectivity index (χ2v) is 5.14. The molecule has 2 N–H and O–H groups in total. The van der Waals surface area contributed by atoms with Crippen LogP contribution in [0.1, 0.15) is 33.1 Å². The van der Waals surface area contributed by atoms with E-state index in [9.17, 15) is 14.4 Å². The van der Waals surface area contributed by atoms with Crippen LogP contribution >= 0.6 is 11.8 Å². The third-order valence-electron chi connectivity index (χ3n) is 2.17. The van der Waals surface area contributed by atoms with Crippen molar-refractivity contribution in [3.05, 3.63) is 0 Å². The van der Waals surface area contributed by atoms with Gasteiger partial charge in [0, 0.05) is 18.4 Å². The number of nitrogens with one attached hydrogen (secondary N) is 1. The number of carbonyl (C=O) groups is 3. The van der Waals surface area contributed by atoms with Gasteiger partial charge >= 0.3 is 11.9 Å². The molecular formula is C12H21NO5S. The van der Waals surface area contributed by atoms with Crippen molar-refractivity contribution in [3.63, 3.8) is 0 Å². The van der Waals surface area contributed by atoms with Crippen molar-refractivity contribution >= 4 is 29.6 Å². The Labute approximate surface area is 117 Å². The molecular weight excluding hydrogens is 270 g/mol. The Morgan fingerprint density at radius 3 is 2.58 bits per heavy atom. The lowest BCUT2D eigenvalue weighted by molar-refractivity contribution is -0.143. The summed E-state index contributed by atoms with van der Waals surface area (Å²) in [7, 11) is 0. The van der Waals surface area contributed by atoms with Gasteiger partial charge in [-0.15, -0.1) is 0 Å². The molecule has 6 nitrogen and oxygen atoms in total. The van der Waals surface area contributed by atoms with Gasteiger partial charge in [0.15, 0.2) is 0 Å². The zero-order valence-electron chi connectivity index (χ0n) is 11.3. The number of thioether (sulfide) groups is 1. The van der Waals surface area contributed by atoms with E-state index in [1.165, 1.54) is 18.7 Å². The number of hydrogen-bond donors (Lipinski definition) is 2. The van der Waals surface area contributed by atoms with Crippen molar-refractivity contribution in [1.29, 1.82) is 0 Å². The third-order valence-corrected chi connectivity index (χ3v) is 3.23. The van der Waals surface area contributed by atoms with E-state index in [0.29, 0.717) is 12.4 Å². The van der Waals surface area contributed by atoms with Gasteiger partial charge in [0.1, 0.15) is 6.04 Å². The summed E-state index contributed by atoms with van der Waals surface area (Å²) in [5.41, 5.74) is 0. The fourth-order valence-electron chi connectivity index (χ4n) is 1.18. The van der Waals surface area contributed by atoms with Crippen LogP contribution < -0.4 is 5.32 Å². The highest BCUT2D eigenvalue weighted by Crippen LogP contribution is 2.06. The lowest BCUT2D eigenvalue weighted by atomic mass is 10.3. The number of unbranched alkanes of at least 4 members (excludes halogenated alkanes) is 1. The standard InChI is InChI=1S/C12H21NO5S/c1-3-4-6-18-11(15)5-7-19-8-10(12(16)17)13-9(2)14/h10H,3-8H2,1-2H3,(H,13,14)(H,16,17)/t10-/m0/s1. The third kappa shape index (κ3) is 10.4. The molecule has 0 unspecified atom stereocenters. The molecule has 0 radical (unpaired) electrons. The zero-order chi connectivity index (χ0) is 14.7. The first-order valence-corrected chi connectivity index (χ1v) is 7.36. The van der Waals surface area contributed by atoms with Crippen molar-refractivity contribution in [1.82, 2.24) is 5.32 Å². The zero-order valence-corrected chi connectivity index (χ0v) is 12.1. The molecule has 0 aromatic rings. The minimum Gasteiger partial charge on any atom is -0.480 e. The molecule has 0 fully saturated rings. The number of esters is 1. The van der Waals surface area contributed by atoms with Gasteiger partial charge < -0.3 is 15.2 Å². The van der Waals surface area contributed by atoms with E-state index in [0.717, 1.165) is 12.8 Å². The monoisotopic (exact) mass is 291 g/mol. The van der Waals surface area contributed by atoms with Crippen molar-refractivity contribution in [3.8, 4) is 0 Å². The van der Waals surface area contributed by atoms with Gasteiger partial charge in [-0.25, -0.2) is 4.79 Å². The lowest BCUT2D eigenvalue weighted by Crippen LogP contribution is -2.41. The highest BCUT2D eigenvalue weighted by Gasteiger charge is 2.18. The van der Waals surface area contributed by atoms with Gasteiger partial charge in [0.25, 0.3) is 0 Å². The summed E-state index contributed by atoms with van der Waals surface area (Å²) in [6.45, 7) is 3.72. The van der Waals surface area contributed by atoms with Crippen molar-refractivity contribution < 1.29 is 24.2 Å². The molecule has 1 atom stereocenters. The fraction of sp³-hybridized carbons (Fsp3) is 0.750. The Morgan fingerprint density at radius 1 is 1.37 bits per heavy atom. The summed E-state index contributed by atoms with van der Waals surface area (Å²) in [5, 5.41) is 11.2. The Balaban J connectivity index is 3.73. The van der Waals surface area contributed by atoms with Crippen LogP contribution in [-0.4, -0.2) is 47.1 Å². The molecule has 110 valence electrons. The molecule has 0 spiro atoms. The average molecular weight is 291 g/mol. The average Bonchev–Trinajstić information content (AvgIpc) is 2.32. The number of aliphatic carboxylic acids is 1. The molecule has 19 heavy (non-hydrogen) atoms. The molecule has 0 aliphatic heterocycles. The smallest absolute Gasteiger partial charge is 0.327 e. The van der Waals surface area contributed by atoms with Crippen molar-refractivity contribution in [2.45, 2.75) is 39.2 Å². The lowest BCUT2D eigenvalue weighted by Gasteiger charge is -2.12. The summed E-state index contributed by atoms with van der Waals surface area (Å²) in [6.07, 6.45) is 2.07. The molecule has 0 aliphatic carbocycles. The Hall–Kier alpha value is -1.24. The Bertz CT molecular complexity index is 308. The number of ether oxygens (including phenoxy) is 1. The number of carbonyl (C=O) groups excluding carboxylic acids is 2. The SMILES string of the molecule is CCCCOC(=O)CCSC[C@H](NC(C)=O)C(=O)O. The van der Waals surface area contributed by atoms with Crippen LogP contribution in [0.3, 0.4) is 0 Å². The summed E-state index contributed by atoms with van der Waals surface area (Å²) >= 11 is 1.30. The molecule has 0 saturated carbocycles. The van der Waals surface area contributed by atoms with Crippen LogP contribution in [0.2, 0.25) is 0 Å². The molecule has 0 rings (SSSR count). The van der Waals surface area contributed by atoms with E-state index in [4.69, 9.17) is 9.84 Å². The van der Waals surface area contributed by atoms with Gasteiger partial charge in [-0.05, 0) is 6.42 Å². The van der Waals surface area contributed by atoms with Crippen LogP contribution in [-0.2, 0) is 19.1 Å². The van der Waals surface area contributed by atoms with E-state index < -0.39 is 12.0 Å². The van der Waals surface area contributed by atoms with E-state index in [1.54, 1.807) is 0 Å². The van der Waals surface area contributed by atoms with E-state index >= 15 is 0 Å². The summed E-state index contributed by atoms with van der Waals surface area (Å²) < 4.78 is 4.96. The van der Waals surface area contributed by atoms with Crippen LogP contribution in [0, 0.1) is 0 Å². The van der Waals surface area contributed by atoms with E-state index in [1.807, 2.05) is 6.92 Å². The first-order chi connectivity index (χ1) is 8.97. The maximum absolute atomic E-state index is 11.3. The number of carboxylic acids is 1. The first-order valence-electron chi connectivity index (χ1n) is 6.20. The predicted octanol–water partition coefficient (Wildman–Crippen LogP) is 1.04. The minimum absolute atomic E-state index is 0.233. The Kier molecular flexibility index (Phi) is 9.97. The summed E-state index contributed by atoms with van der Waals surface area (Å²) in [4.78, 5) is 32.9. The first kappa shape index (κ1) is 17.8. The second-order valence-electron chi connectivity index (χ2n) is 3.99. The van der Waals surface area contributed by atoms with Crippen molar-refractivity contribution in [2.24, 2.45) is 0 Å². The quantitative estimate of drug-likeness (QED) is 0.461. The van der Waals surface area contributed by atoms with Gasteiger partial charge in [-0.3, -0.25) is 9.59 Å². The minimum atomic E-state index is -1.08. The maximum atomic E-state index is 11.3. The largest absolute Gasteiger partial charge is 0.480 e. The topological polar surface area (TPSA) is 92.7 Å². The number of carboxylic acid groups (broad SMARTS) is 1. The van der Waals surface area contributed by atoms with E-state index in [2.05, 4.69) is 5.32 Å². The Morgan fingerprint density at radius 2 is 2.05 bits per heavy atom. The van der Waals surface area contributed by atoms with Gasteiger partial charge in [0.2, 0.25) is 5.91 Å². The number of amides is 1. The summed E-state index contributed by atoms with van der Waals surface area (Å²) in [6, 6.07) is -0.918. The number of hydrogen-bond acceptors (Lipinski definition) is 5. The normalized spacial score (nSPS) is 11.7. The number of rotatable bonds is 10. The molecule has 0 aromatic heterocycles. The molecule has 1 amide bonds. The molecule has 0 heterocycles. The van der Waals surface area contributed by atoms with Crippen molar-refractivity contribution in [2.75, 3.05) is 18.1 Å². The van der Waals surface area contributed by atoms with Crippen LogP contribution in [0.15, 0.2) is 0 Å². The molecule has 0 saturated heterocycles. The second kappa shape index (κ2) is 10.7. The van der Waals surface area contributed by atoms with Crippen LogP contribution in [0.4, 0.5) is 0 Å². The predicted molar refractivity (Wildman–Crippen MR) is 73.0 cm³/mol. The van der Waals surface area contributed by atoms with E-state index in [-0.39, 0.29) is 24.1 Å². The fourth-order valence-corrected chi connectivity index (χ4v) is 2.12. The van der Waals surface area contributed by atoms with Crippen LogP contribution in [0.5, 0.6) is 0 Å². The molecule has 7 heteroatoms. The maximum Gasteiger partial charge on any atom is 0.327 e. The molecule has 0 bridgehead atoms. The summed E-state index contributed by atoms with van der Waals surface area (Å²) in [5.74, 6) is -1.02. The van der Waals surface area contributed by atoms with Gasteiger partial charge in [-0.2, -0.15) is 11.8 Å². The van der Waals surface area contributed by atoms with Crippen LogP contribution in [0.25, 0.3) is 0 Å². The highest BCUT2D eigenvalue weighted by molar-refractivity contribution is 7.99.